The smallest absolute Gasteiger partial charge is 0.228 e. The Labute approximate surface area is 122 Å². The summed E-state index contributed by atoms with van der Waals surface area (Å²) in [5.41, 5.74) is 1.07. The summed E-state index contributed by atoms with van der Waals surface area (Å²) in [4.78, 5) is 12.3. The quantitative estimate of drug-likeness (QED) is 0.497. The summed E-state index contributed by atoms with van der Waals surface area (Å²) in [6, 6.07) is 13.0. The van der Waals surface area contributed by atoms with E-state index in [-0.39, 0.29) is 17.4 Å². The van der Waals surface area contributed by atoms with Crippen LogP contribution in [0, 0.1) is 9.39 Å². The fourth-order valence-corrected chi connectivity index (χ4v) is 2.44. The van der Waals surface area contributed by atoms with Gasteiger partial charge in [-0.1, -0.05) is 12.1 Å². The molecule has 0 radical (unpaired) electrons. The van der Waals surface area contributed by atoms with E-state index in [1.54, 1.807) is 18.2 Å². The van der Waals surface area contributed by atoms with Gasteiger partial charge in [0.15, 0.2) is 5.76 Å². The minimum Gasteiger partial charge on any atom is -0.453 e. The molecule has 0 aliphatic carbocycles. The maximum absolute atomic E-state index is 13.1. The number of furan rings is 1. The highest BCUT2D eigenvalue weighted by atomic mass is 127. The van der Waals surface area contributed by atoms with Crippen molar-refractivity contribution >= 4 is 39.3 Å². The van der Waals surface area contributed by atoms with E-state index in [1.807, 2.05) is 12.1 Å². The molecular formula is C15H8FIO2. The average molecular weight is 366 g/mol. The molecule has 0 fully saturated rings. The van der Waals surface area contributed by atoms with Crippen LogP contribution in [0.3, 0.4) is 0 Å². The number of rotatable bonds is 2. The van der Waals surface area contributed by atoms with Crippen LogP contribution in [-0.2, 0) is 0 Å². The van der Waals surface area contributed by atoms with E-state index in [0.717, 1.165) is 3.57 Å². The van der Waals surface area contributed by atoms with Crippen LogP contribution in [-0.4, -0.2) is 5.78 Å². The number of fused-ring (bicyclic) bond motifs is 1. The van der Waals surface area contributed by atoms with Crippen LogP contribution in [0.4, 0.5) is 4.39 Å². The van der Waals surface area contributed by atoms with E-state index < -0.39 is 0 Å². The molecule has 2 aromatic carbocycles. The monoisotopic (exact) mass is 366 g/mol. The summed E-state index contributed by atoms with van der Waals surface area (Å²) >= 11 is 2.14. The number of carbonyl (C=O) groups is 1. The number of benzene rings is 2. The number of ketones is 1. The zero-order valence-corrected chi connectivity index (χ0v) is 11.8. The maximum Gasteiger partial charge on any atom is 0.228 e. The molecule has 0 saturated heterocycles. The van der Waals surface area contributed by atoms with Crippen LogP contribution in [0.5, 0.6) is 0 Å². The molecule has 0 aliphatic heterocycles. The zero-order valence-electron chi connectivity index (χ0n) is 9.69. The van der Waals surface area contributed by atoms with E-state index >= 15 is 0 Å². The normalized spacial score (nSPS) is 10.8. The highest BCUT2D eigenvalue weighted by molar-refractivity contribution is 14.1. The van der Waals surface area contributed by atoms with Crippen molar-refractivity contribution in [3.8, 4) is 0 Å². The maximum atomic E-state index is 13.1. The fraction of sp³-hybridized carbons (Fsp3) is 0. The third kappa shape index (κ3) is 2.40. The highest BCUT2D eigenvalue weighted by Gasteiger charge is 2.15. The Kier molecular flexibility index (Phi) is 3.10. The van der Waals surface area contributed by atoms with Crippen LogP contribution in [0.15, 0.2) is 52.9 Å². The Morgan fingerprint density at radius 3 is 2.74 bits per heavy atom. The summed E-state index contributed by atoms with van der Waals surface area (Å²) in [7, 11) is 0. The number of halogens is 2. The van der Waals surface area contributed by atoms with Crippen LogP contribution in [0.1, 0.15) is 16.1 Å². The lowest BCUT2D eigenvalue weighted by molar-refractivity contribution is 0.101. The molecule has 3 aromatic rings. The van der Waals surface area contributed by atoms with E-state index in [1.165, 1.54) is 18.2 Å². The van der Waals surface area contributed by atoms with Gasteiger partial charge in [0, 0.05) is 14.5 Å². The molecule has 3 rings (SSSR count). The SMILES string of the molecule is O=C(c1cccc(I)c1)c1cc2cc(F)ccc2o1. The van der Waals surface area contributed by atoms with E-state index in [9.17, 15) is 9.18 Å². The van der Waals surface area contributed by atoms with Crippen molar-refractivity contribution in [3.05, 3.63) is 69.2 Å². The van der Waals surface area contributed by atoms with Gasteiger partial charge in [0.2, 0.25) is 5.78 Å². The van der Waals surface area contributed by atoms with Crippen molar-refractivity contribution in [1.29, 1.82) is 0 Å². The van der Waals surface area contributed by atoms with Gasteiger partial charge < -0.3 is 4.42 Å². The van der Waals surface area contributed by atoms with Gasteiger partial charge in [0.1, 0.15) is 11.4 Å². The second-order valence-corrected chi connectivity index (χ2v) is 5.38. The highest BCUT2D eigenvalue weighted by Crippen LogP contribution is 2.22. The lowest BCUT2D eigenvalue weighted by Crippen LogP contribution is -1.99. The first-order valence-corrected chi connectivity index (χ1v) is 6.71. The van der Waals surface area contributed by atoms with Crippen LogP contribution >= 0.6 is 22.6 Å². The van der Waals surface area contributed by atoms with Crippen molar-refractivity contribution in [3.63, 3.8) is 0 Å². The average Bonchev–Trinajstić information content (AvgIpc) is 2.80. The first-order valence-electron chi connectivity index (χ1n) is 5.63. The topological polar surface area (TPSA) is 30.2 Å². The van der Waals surface area contributed by atoms with Gasteiger partial charge in [-0.15, -0.1) is 0 Å². The molecule has 0 N–H and O–H groups in total. The first-order chi connectivity index (χ1) is 9.13. The number of hydrogen-bond donors (Lipinski definition) is 0. The van der Waals surface area contributed by atoms with Crippen LogP contribution in [0.2, 0.25) is 0 Å². The Morgan fingerprint density at radius 2 is 1.95 bits per heavy atom. The zero-order chi connectivity index (χ0) is 13.4. The van der Waals surface area contributed by atoms with Crippen molar-refractivity contribution in [2.75, 3.05) is 0 Å². The summed E-state index contributed by atoms with van der Waals surface area (Å²) in [5.74, 6) is -0.320. The van der Waals surface area contributed by atoms with Crippen LogP contribution in [0.25, 0.3) is 11.0 Å². The number of hydrogen-bond acceptors (Lipinski definition) is 2. The molecule has 0 atom stereocenters. The van der Waals surface area contributed by atoms with Gasteiger partial charge in [-0.25, -0.2) is 4.39 Å². The van der Waals surface area contributed by atoms with Gasteiger partial charge in [-0.3, -0.25) is 4.79 Å². The molecule has 0 aliphatic rings. The Balaban J connectivity index is 2.06. The van der Waals surface area contributed by atoms with Crippen molar-refractivity contribution < 1.29 is 13.6 Å². The largest absolute Gasteiger partial charge is 0.453 e. The predicted octanol–water partition coefficient (Wildman–Crippen LogP) is 4.41. The third-order valence-electron chi connectivity index (χ3n) is 2.79. The van der Waals surface area contributed by atoms with Crippen LogP contribution < -0.4 is 0 Å². The Morgan fingerprint density at radius 1 is 1.11 bits per heavy atom. The van der Waals surface area contributed by atoms with Gasteiger partial charge in [-0.05, 0) is 59.0 Å². The molecule has 2 nitrogen and oxygen atoms in total. The van der Waals surface area contributed by atoms with E-state index in [4.69, 9.17) is 4.42 Å². The molecule has 0 spiro atoms. The summed E-state index contributed by atoms with van der Waals surface area (Å²) in [6.07, 6.45) is 0. The van der Waals surface area contributed by atoms with Gasteiger partial charge >= 0.3 is 0 Å². The van der Waals surface area contributed by atoms with Crippen molar-refractivity contribution in [2.24, 2.45) is 0 Å². The Hall–Kier alpha value is -1.69. The van der Waals surface area contributed by atoms with Gasteiger partial charge in [0.05, 0.1) is 0 Å². The molecule has 1 aromatic heterocycles. The molecule has 0 saturated carbocycles. The van der Waals surface area contributed by atoms with Crippen molar-refractivity contribution in [2.45, 2.75) is 0 Å². The molecule has 4 heteroatoms. The van der Waals surface area contributed by atoms with Gasteiger partial charge in [-0.2, -0.15) is 0 Å². The van der Waals surface area contributed by atoms with E-state index in [2.05, 4.69) is 22.6 Å². The first kappa shape index (κ1) is 12.3. The third-order valence-corrected chi connectivity index (χ3v) is 3.46. The lowest BCUT2D eigenvalue weighted by atomic mass is 10.1. The van der Waals surface area contributed by atoms with E-state index in [0.29, 0.717) is 16.5 Å². The molecule has 0 amide bonds. The minimum absolute atomic E-state index is 0.199. The summed E-state index contributed by atoms with van der Waals surface area (Å²) < 4.78 is 19.5. The summed E-state index contributed by atoms with van der Waals surface area (Å²) in [5, 5.41) is 0.592. The fourth-order valence-electron chi connectivity index (χ4n) is 1.90. The molecule has 0 unspecified atom stereocenters. The second kappa shape index (κ2) is 4.77. The number of carbonyl (C=O) groups excluding carboxylic acids is 1. The summed E-state index contributed by atoms with van der Waals surface area (Å²) in [6.45, 7) is 0. The predicted molar refractivity (Wildman–Crippen MR) is 78.8 cm³/mol. The van der Waals surface area contributed by atoms with Gasteiger partial charge in [0.25, 0.3) is 0 Å². The lowest BCUT2D eigenvalue weighted by Gasteiger charge is -1.97. The molecule has 19 heavy (non-hydrogen) atoms. The molecule has 94 valence electrons. The minimum atomic E-state index is -0.346. The molecular weight excluding hydrogens is 358 g/mol. The van der Waals surface area contributed by atoms with Crippen molar-refractivity contribution in [1.82, 2.24) is 0 Å². The Bertz CT molecular complexity index is 777. The standard InChI is InChI=1S/C15H8FIO2/c16-11-4-5-13-10(6-11)8-14(19-13)15(18)9-2-1-3-12(17)7-9/h1-8H. The molecule has 1 heterocycles. The second-order valence-electron chi connectivity index (χ2n) is 4.13. The molecule has 0 bridgehead atoms.